The minimum absolute atomic E-state index is 0.100. The Bertz CT molecular complexity index is 1620. The van der Waals surface area contributed by atoms with Crippen molar-refractivity contribution >= 4 is 21.3 Å². The molecule has 2 N–H and O–H groups in total. The van der Waals surface area contributed by atoms with Crippen LogP contribution in [0.1, 0.15) is 44.7 Å². The number of halogens is 3. The molecule has 2 aliphatic rings. The van der Waals surface area contributed by atoms with E-state index in [1.807, 2.05) is 29.2 Å². The van der Waals surface area contributed by atoms with E-state index in [1.54, 1.807) is 20.0 Å². The smallest absolute Gasteiger partial charge is 0.248 e. The molecule has 2 fully saturated rings. The van der Waals surface area contributed by atoms with Crippen molar-refractivity contribution in [1.29, 1.82) is 10.0 Å². The van der Waals surface area contributed by atoms with Crippen LogP contribution in [0, 0.1) is 33.8 Å². The quantitative estimate of drug-likeness (QED) is 0.381. The summed E-state index contributed by atoms with van der Waals surface area (Å²) in [5, 5.41) is 16.8. The highest BCUT2D eigenvalue weighted by Gasteiger charge is 2.47. The summed E-state index contributed by atoms with van der Waals surface area (Å²) < 4.78 is 65.8. The number of amides is 1. The van der Waals surface area contributed by atoms with Gasteiger partial charge in [0.15, 0.2) is 11.6 Å². The molecule has 9 nitrogen and oxygen atoms in total. The Kier molecular flexibility index (Phi) is 8.51. The molecule has 228 valence electrons. The molecule has 2 aromatic heterocycles. The van der Waals surface area contributed by atoms with Gasteiger partial charge in [-0.2, -0.15) is 10.4 Å². The molecule has 1 amide bonds. The topological polar surface area (TPSA) is 128 Å². The van der Waals surface area contributed by atoms with Gasteiger partial charge in [-0.25, -0.2) is 27.0 Å². The Morgan fingerprint density at radius 1 is 1.21 bits per heavy atom. The third-order valence-corrected chi connectivity index (χ3v) is 9.93. The maximum absolute atomic E-state index is 14.9. The van der Waals surface area contributed by atoms with Crippen LogP contribution < -0.4 is 10.2 Å². The van der Waals surface area contributed by atoms with Gasteiger partial charge >= 0.3 is 0 Å². The molecule has 1 aliphatic heterocycles. The molecule has 13 heteroatoms. The van der Waals surface area contributed by atoms with Crippen LogP contribution >= 0.6 is 0 Å². The highest BCUT2D eigenvalue weighted by Crippen LogP contribution is 2.47. The number of benzene rings is 1. The van der Waals surface area contributed by atoms with Gasteiger partial charge in [0.2, 0.25) is 11.8 Å². The maximum atomic E-state index is 14.9. The molecule has 3 heterocycles. The van der Waals surface area contributed by atoms with Crippen molar-refractivity contribution in [2.24, 2.45) is 11.8 Å². The lowest BCUT2D eigenvalue weighted by Gasteiger charge is -2.35. The predicted octanol–water partition coefficient (Wildman–Crippen LogP) is 5.12. The summed E-state index contributed by atoms with van der Waals surface area (Å²) in [5.41, 5.74) is 2.18. The number of nitrogens with zero attached hydrogens (tertiary/aromatic N) is 5. The van der Waals surface area contributed by atoms with E-state index < -0.39 is 58.1 Å². The summed E-state index contributed by atoms with van der Waals surface area (Å²) in [6.07, 6.45) is 1.75. The normalized spacial score (nSPS) is 22.1. The first kappa shape index (κ1) is 30.5. The minimum atomic E-state index is -3.04. The number of nitriles is 1. The molecule has 1 aliphatic carbocycles. The zero-order valence-corrected chi connectivity index (χ0v) is 24.8. The summed E-state index contributed by atoms with van der Waals surface area (Å²) in [4.78, 5) is 19.6. The Labute approximate surface area is 249 Å². The van der Waals surface area contributed by atoms with Crippen molar-refractivity contribution in [2.75, 3.05) is 29.5 Å². The first-order valence-corrected chi connectivity index (χ1v) is 16.1. The van der Waals surface area contributed by atoms with Crippen LogP contribution in [0.5, 0.6) is 0 Å². The number of carbonyl (C=O) groups excluding carboxylic acids is 1. The second-order valence-corrected chi connectivity index (χ2v) is 14.0. The number of hydrogen-bond donors (Lipinski definition) is 2. The standard InChI is InChI=1S/C30H34F3N7O2S/c1-19(2)26(17-34)37-29(41)22-9-10-30(32,33)16-23(22)27-24(18-40(38-27)28-25(31)4-3-11-36-28)20-5-7-21(8-6-20)39-12-14-43(35,42)15-13-39/h3-8,11,18-19,22-23,26,35H,9-10,12-16H2,1-2H3,(H,37,41)/t22-,23-,26-/m1/s1. The second-order valence-electron chi connectivity index (χ2n) is 11.6. The molecule has 0 spiro atoms. The SMILES string of the molecule is CC(C)[C@@H](C#N)NC(=O)[C@@H]1CCC(F)(F)C[C@H]1c1nn(-c2ncccc2F)cc1-c1ccc(N2CCS(=N)(=O)CC2)cc1. The Morgan fingerprint density at radius 2 is 1.91 bits per heavy atom. The van der Waals surface area contributed by atoms with Crippen molar-refractivity contribution in [3.8, 4) is 23.0 Å². The van der Waals surface area contributed by atoms with E-state index in [4.69, 9.17) is 4.78 Å². The molecule has 3 aromatic rings. The minimum Gasteiger partial charge on any atom is -0.370 e. The summed E-state index contributed by atoms with van der Waals surface area (Å²) >= 11 is 0. The van der Waals surface area contributed by atoms with E-state index in [-0.39, 0.29) is 35.4 Å². The van der Waals surface area contributed by atoms with Crippen LogP contribution in [0.2, 0.25) is 0 Å². The van der Waals surface area contributed by atoms with Crippen LogP contribution in [-0.2, 0) is 14.5 Å². The van der Waals surface area contributed by atoms with Gasteiger partial charge in [-0.05, 0) is 42.2 Å². The number of rotatable bonds is 7. The fraction of sp³-hybridized carbons (Fsp3) is 0.467. The van der Waals surface area contributed by atoms with E-state index in [0.717, 1.165) is 5.69 Å². The molecular weight excluding hydrogens is 579 g/mol. The van der Waals surface area contributed by atoms with Crippen molar-refractivity contribution < 1.29 is 22.2 Å². The largest absolute Gasteiger partial charge is 0.370 e. The zero-order chi connectivity index (χ0) is 30.9. The molecule has 0 bridgehead atoms. The van der Waals surface area contributed by atoms with Gasteiger partial charge in [0.05, 0.1) is 11.8 Å². The monoisotopic (exact) mass is 613 g/mol. The van der Waals surface area contributed by atoms with Gasteiger partial charge in [-0.15, -0.1) is 0 Å². The summed E-state index contributed by atoms with van der Waals surface area (Å²) in [7, 11) is -2.56. The molecule has 5 rings (SSSR count). The van der Waals surface area contributed by atoms with Gasteiger partial charge in [0.25, 0.3) is 0 Å². The van der Waals surface area contributed by atoms with Crippen LogP contribution in [0.25, 0.3) is 16.9 Å². The average Bonchev–Trinajstić information content (AvgIpc) is 3.40. The molecule has 0 radical (unpaired) electrons. The van der Waals surface area contributed by atoms with E-state index in [0.29, 0.717) is 24.2 Å². The molecule has 1 aromatic carbocycles. The number of hydrogen-bond acceptors (Lipinski definition) is 7. The van der Waals surface area contributed by atoms with E-state index in [1.165, 1.54) is 23.0 Å². The molecule has 0 unspecified atom stereocenters. The third kappa shape index (κ3) is 6.69. The lowest BCUT2D eigenvalue weighted by atomic mass is 9.74. The van der Waals surface area contributed by atoms with Crippen LogP contribution in [0.4, 0.5) is 18.9 Å². The molecule has 43 heavy (non-hydrogen) atoms. The van der Waals surface area contributed by atoms with Gasteiger partial charge in [-0.3, -0.25) is 9.57 Å². The fourth-order valence-corrected chi connectivity index (χ4v) is 6.96. The number of alkyl halides is 2. The first-order chi connectivity index (χ1) is 20.4. The van der Waals surface area contributed by atoms with Gasteiger partial charge < -0.3 is 10.2 Å². The van der Waals surface area contributed by atoms with Crippen LogP contribution in [0.15, 0.2) is 48.8 Å². The molecule has 3 atom stereocenters. The van der Waals surface area contributed by atoms with Gasteiger partial charge in [-0.1, -0.05) is 26.0 Å². The molecular formula is C30H34F3N7O2S. The third-order valence-electron chi connectivity index (χ3n) is 8.24. The highest BCUT2D eigenvalue weighted by molar-refractivity contribution is 7.92. The van der Waals surface area contributed by atoms with Gasteiger partial charge in [0, 0.05) is 82.6 Å². The Balaban J connectivity index is 1.56. The van der Waals surface area contributed by atoms with E-state index in [9.17, 15) is 27.4 Å². The zero-order valence-electron chi connectivity index (χ0n) is 24.0. The maximum Gasteiger partial charge on any atom is 0.248 e. The highest BCUT2D eigenvalue weighted by atomic mass is 32.2. The van der Waals surface area contributed by atoms with Gasteiger partial charge in [0.1, 0.15) is 6.04 Å². The van der Waals surface area contributed by atoms with Crippen molar-refractivity contribution in [1.82, 2.24) is 20.1 Å². The van der Waals surface area contributed by atoms with Crippen molar-refractivity contribution in [2.45, 2.75) is 51.0 Å². The number of carbonyl (C=O) groups is 1. The Hall–Kier alpha value is -3.92. The van der Waals surface area contributed by atoms with Crippen LogP contribution in [0.3, 0.4) is 0 Å². The van der Waals surface area contributed by atoms with E-state index >= 15 is 0 Å². The number of anilines is 1. The second kappa shape index (κ2) is 12.0. The average molecular weight is 614 g/mol. The predicted molar refractivity (Wildman–Crippen MR) is 157 cm³/mol. The lowest BCUT2D eigenvalue weighted by molar-refractivity contribution is -0.131. The van der Waals surface area contributed by atoms with Crippen molar-refractivity contribution in [3.63, 3.8) is 0 Å². The van der Waals surface area contributed by atoms with Crippen LogP contribution in [-0.4, -0.2) is 61.4 Å². The number of aromatic nitrogens is 3. The summed E-state index contributed by atoms with van der Waals surface area (Å²) in [6, 6.07) is 11.3. The lowest BCUT2D eigenvalue weighted by Crippen LogP contribution is -2.45. The summed E-state index contributed by atoms with van der Waals surface area (Å²) in [5.74, 6) is -5.78. The Morgan fingerprint density at radius 3 is 2.53 bits per heavy atom. The number of nitrogens with one attached hydrogen (secondary N) is 2. The number of pyridine rings is 1. The molecule has 1 saturated heterocycles. The first-order valence-electron chi connectivity index (χ1n) is 14.3. The summed E-state index contributed by atoms with van der Waals surface area (Å²) in [6.45, 7) is 4.55. The van der Waals surface area contributed by atoms with E-state index in [2.05, 4.69) is 21.5 Å². The molecule has 1 saturated carbocycles. The fourth-order valence-electron chi connectivity index (χ4n) is 5.72. The van der Waals surface area contributed by atoms with Crippen molar-refractivity contribution in [3.05, 3.63) is 60.3 Å².